The van der Waals surface area contributed by atoms with Crippen LogP contribution in [0, 0.1) is 0 Å². The SMILES string of the molecule is CCNC(=NCC(C)c1ccccc1)NCCN(C)CCOC.I. The van der Waals surface area contributed by atoms with Gasteiger partial charge in [-0.2, -0.15) is 0 Å². The van der Waals surface area contributed by atoms with E-state index in [4.69, 9.17) is 9.73 Å². The number of nitrogens with one attached hydrogen (secondary N) is 2. The van der Waals surface area contributed by atoms with Crippen molar-refractivity contribution in [2.24, 2.45) is 4.99 Å². The summed E-state index contributed by atoms with van der Waals surface area (Å²) in [6.45, 7) is 9.47. The van der Waals surface area contributed by atoms with Crippen LogP contribution in [0.25, 0.3) is 0 Å². The highest BCUT2D eigenvalue weighted by Crippen LogP contribution is 2.14. The molecule has 1 aromatic rings. The van der Waals surface area contributed by atoms with Crippen LogP contribution in [-0.2, 0) is 4.74 Å². The molecule has 0 amide bonds. The summed E-state index contributed by atoms with van der Waals surface area (Å²) in [5.74, 6) is 1.30. The zero-order valence-electron chi connectivity index (χ0n) is 15.4. The standard InChI is InChI=1S/C18H32N4O.HI/c1-5-19-18(20-11-12-22(3)13-14-23-4)21-15-16(2)17-9-7-6-8-10-17;/h6-10,16H,5,11-15H2,1-4H3,(H2,19,20,21);1H. The summed E-state index contributed by atoms with van der Waals surface area (Å²) in [6, 6.07) is 10.5. The normalized spacial score (nSPS) is 12.6. The Kier molecular flexibility index (Phi) is 14.0. The topological polar surface area (TPSA) is 48.9 Å². The maximum absolute atomic E-state index is 5.09. The summed E-state index contributed by atoms with van der Waals surface area (Å²) in [5.41, 5.74) is 1.33. The van der Waals surface area contributed by atoms with Crippen molar-refractivity contribution in [1.29, 1.82) is 0 Å². The van der Waals surface area contributed by atoms with Crippen molar-refractivity contribution in [3.05, 3.63) is 35.9 Å². The molecule has 2 N–H and O–H groups in total. The Morgan fingerprint density at radius 2 is 1.92 bits per heavy atom. The minimum absolute atomic E-state index is 0. The van der Waals surface area contributed by atoms with Crippen molar-refractivity contribution in [3.8, 4) is 0 Å². The van der Waals surface area contributed by atoms with Crippen molar-refractivity contribution in [3.63, 3.8) is 0 Å². The molecular weight excluding hydrogens is 415 g/mol. The first-order chi connectivity index (χ1) is 11.2. The van der Waals surface area contributed by atoms with Crippen LogP contribution in [0.2, 0.25) is 0 Å². The van der Waals surface area contributed by atoms with E-state index in [1.807, 2.05) is 6.07 Å². The molecule has 0 heterocycles. The first kappa shape index (κ1) is 23.1. The number of hydrogen-bond acceptors (Lipinski definition) is 3. The maximum atomic E-state index is 5.09. The highest BCUT2D eigenvalue weighted by atomic mass is 127. The van der Waals surface area contributed by atoms with E-state index in [1.165, 1.54) is 5.56 Å². The van der Waals surface area contributed by atoms with Crippen molar-refractivity contribution in [2.45, 2.75) is 19.8 Å². The van der Waals surface area contributed by atoms with Gasteiger partial charge in [0, 0.05) is 45.8 Å². The largest absolute Gasteiger partial charge is 0.383 e. The van der Waals surface area contributed by atoms with E-state index in [1.54, 1.807) is 7.11 Å². The van der Waals surface area contributed by atoms with Crippen LogP contribution < -0.4 is 10.6 Å². The van der Waals surface area contributed by atoms with Gasteiger partial charge in [-0.05, 0) is 19.5 Å². The molecule has 0 radical (unpaired) electrons. The monoisotopic (exact) mass is 448 g/mol. The predicted molar refractivity (Wildman–Crippen MR) is 114 cm³/mol. The first-order valence-corrected chi connectivity index (χ1v) is 8.42. The third-order valence-electron chi connectivity index (χ3n) is 3.70. The average Bonchev–Trinajstić information content (AvgIpc) is 2.58. The molecule has 24 heavy (non-hydrogen) atoms. The fourth-order valence-corrected chi connectivity index (χ4v) is 2.18. The van der Waals surface area contributed by atoms with Crippen LogP contribution in [0.5, 0.6) is 0 Å². The van der Waals surface area contributed by atoms with E-state index >= 15 is 0 Å². The van der Waals surface area contributed by atoms with Crippen molar-refractivity contribution >= 4 is 29.9 Å². The highest BCUT2D eigenvalue weighted by molar-refractivity contribution is 14.0. The molecule has 6 heteroatoms. The Labute approximate surface area is 164 Å². The molecule has 0 aliphatic rings. The fourth-order valence-electron chi connectivity index (χ4n) is 2.18. The van der Waals surface area contributed by atoms with Crippen molar-refractivity contribution in [2.75, 3.05) is 53.5 Å². The Hall–Kier alpha value is -0.860. The summed E-state index contributed by atoms with van der Waals surface area (Å²) in [4.78, 5) is 6.94. The van der Waals surface area contributed by atoms with Crippen LogP contribution >= 0.6 is 24.0 Å². The second-order valence-electron chi connectivity index (χ2n) is 5.75. The number of halogens is 1. The summed E-state index contributed by atoms with van der Waals surface area (Å²) in [6.07, 6.45) is 0. The molecule has 0 aliphatic carbocycles. The molecule has 138 valence electrons. The molecule has 0 saturated carbocycles. The van der Waals surface area contributed by atoms with Gasteiger partial charge < -0.3 is 20.3 Å². The lowest BCUT2D eigenvalue weighted by Gasteiger charge is -2.18. The van der Waals surface area contributed by atoms with Crippen LogP contribution in [0.4, 0.5) is 0 Å². The average molecular weight is 448 g/mol. The smallest absolute Gasteiger partial charge is 0.191 e. The van der Waals surface area contributed by atoms with Gasteiger partial charge >= 0.3 is 0 Å². The Morgan fingerprint density at radius 1 is 1.21 bits per heavy atom. The first-order valence-electron chi connectivity index (χ1n) is 8.42. The third kappa shape index (κ3) is 10.1. The van der Waals surface area contributed by atoms with Gasteiger partial charge in [0.25, 0.3) is 0 Å². The molecule has 0 saturated heterocycles. The van der Waals surface area contributed by atoms with Crippen LogP contribution in [0.1, 0.15) is 25.3 Å². The lowest BCUT2D eigenvalue weighted by molar-refractivity contribution is 0.162. The highest BCUT2D eigenvalue weighted by Gasteiger charge is 2.05. The Bertz CT molecular complexity index is 442. The van der Waals surface area contributed by atoms with Crippen molar-refractivity contribution < 1.29 is 4.74 Å². The maximum Gasteiger partial charge on any atom is 0.191 e. The third-order valence-corrected chi connectivity index (χ3v) is 3.70. The van der Waals surface area contributed by atoms with E-state index < -0.39 is 0 Å². The number of likely N-dealkylation sites (N-methyl/N-ethyl adjacent to an activating group) is 1. The van der Waals surface area contributed by atoms with Gasteiger partial charge in [-0.15, -0.1) is 24.0 Å². The van der Waals surface area contributed by atoms with Crippen molar-refractivity contribution in [1.82, 2.24) is 15.5 Å². The molecule has 1 atom stereocenters. The molecule has 1 aromatic carbocycles. The molecule has 0 bridgehead atoms. The molecule has 1 unspecified atom stereocenters. The minimum atomic E-state index is 0. The lowest BCUT2D eigenvalue weighted by Crippen LogP contribution is -2.41. The van der Waals surface area contributed by atoms with Crippen LogP contribution in [0.15, 0.2) is 35.3 Å². The minimum Gasteiger partial charge on any atom is -0.383 e. The summed E-state index contributed by atoms with van der Waals surface area (Å²) in [7, 11) is 3.83. The molecule has 0 aromatic heterocycles. The number of aliphatic imine (C=N–C) groups is 1. The van der Waals surface area contributed by atoms with Gasteiger partial charge in [0.1, 0.15) is 0 Å². The number of ether oxygens (including phenoxy) is 1. The number of nitrogens with zero attached hydrogens (tertiary/aromatic N) is 2. The summed E-state index contributed by atoms with van der Waals surface area (Å²) >= 11 is 0. The van der Waals surface area contributed by atoms with E-state index in [0.29, 0.717) is 5.92 Å². The molecule has 0 spiro atoms. The molecule has 0 fully saturated rings. The number of methoxy groups -OCH3 is 1. The van der Waals surface area contributed by atoms with Gasteiger partial charge in [-0.25, -0.2) is 0 Å². The molecule has 5 nitrogen and oxygen atoms in total. The molecular formula is C18H33IN4O. The fraction of sp³-hybridized carbons (Fsp3) is 0.611. The van der Waals surface area contributed by atoms with Gasteiger partial charge in [-0.1, -0.05) is 37.3 Å². The Morgan fingerprint density at radius 3 is 2.54 bits per heavy atom. The summed E-state index contributed by atoms with van der Waals surface area (Å²) < 4.78 is 5.09. The second-order valence-corrected chi connectivity index (χ2v) is 5.75. The zero-order chi connectivity index (χ0) is 16.9. The van der Waals surface area contributed by atoms with Gasteiger partial charge in [0.15, 0.2) is 5.96 Å². The second kappa shape index (κ2) is 14.5. The van der Waals surface area contributed by atoms with Gasteiger partial charge in [0.05, 0.1) is 6.61 Å². The van der Waals surface area contributed by atoms with Gasteiger partial charge in [-0.3, -0.25) is 4.99 Å². The van der Waals surface area contributed by atoms with E-state index in [-0.39, 0.29) is 24.0 Å². The molecule has 0 aliphatic heterocycles. The number of hydrogen-bond donors (Lipinski definition) is 2. The zero-order valence-corrected chi connectivity index (χ0v) is 17.7. The number of benzene rings is 1. The van der Waals surface area contributed by atoms with Gasteiger partial charge in [0.2, 0.25) is 0 Å². The van der Waals surface area contributed by atoms with Crippen LogP contribution in [-0.4, -0.2) is 64.3 Å². The summed E-state index contributed by atoms with van der Waals surface area (Å²) in [5, 5.41) is 6.69. The predicted octanol–water partition coefficient (Wildman–Crippen LogP) is 2.54. The van der Waals surface area contributed by atoms with Crippen LogP contribution in [0.3, 0.4) is 0 Å². The quantitative estimate of drug-likeness (QED) is 0.328. The Balaban J connectivity index is 0.00000529. The molecule has 1 rings (SSSR count). The number of guanidine groups is 1. The van der Waals surface area contributed by atoms with E-state index in [2.05, 4.69) is 60.7 Å². The van der Waals surface area contributed by atoms with E-state index in [9.17, 15) is 0 Å². The van der Waals surface area contributed by atoms with E-state index in [0.717, 1.165) is 45.3 Å². The lowest BCUT2D eigenvalue weighted by atomic mass is 10.0. The number of rotatable bonds is 10.